The lowest BCUT2D eigenvalue weighted by Gasteiger charge is -2.15. The van der Waals surface area contributed by atoms with Crippen LogP contribution in [0.15, 0.2) is 12.1 Å². The number of carbonyl (C=O) groups excluding carboxylic acids is 1. The van der Waals surface area contributed by atoms with Crippen molar-refractivity contribution in [2.24, 2.45) is 5.92 Å². The summed E-state index contributed by atoms with van der Waals surface area (Å²) in [5.74, 6) is 3.45. The maximum absolute atomic E-state index is 11.8. The molecule has 0 bridgehead atoms. The molecular formula is C13H14N2O. The van der Waals surface area contributed by atoms with Crippen molar-refractivity contribution in [2.45, 2.75) is 20.3 Å². The van der Waals surface area contributed by atoms with Gasteiger partial charge in [0, 0.05) is 24.6 Å². The Morgan fingerprint density at radius 2 is 2.25 bits per heavy atom. The Morgan fingerprint density at radius 1 is 1.50 bits per heavy atom. The summed E-state index contributed by atoms with van der Waals surface area (Å²) in [4.78, 5) is 17.8. The Kier molecular flexibility index (Phi) is 2.66. The topological polar surface area (TPSA) is 33.2 Å². The van der Waals surface area contributed by atoms with Crippen molar-refractivity contribution in [2.75, 3.05) is 11.4 Å². The number of aryl methyl sites for hydroxylation is 2. The summed E-state index contributed by atoms with van der Waals surface area (Å²) in [6, 6.07) is 3.91. The van der Waals surface area contributed by atoms with Gasteiger partial charge in [0.2, 0.25) is 5.91 Å². The Hall–Kier alpha value is -1.82. The van der Waals surface area contributed by atoms with Crippen molar-refractivity contribution < 1.29 is 4.79 Å². The van der Waals surface area contributed by atoms with Crippen LogP contribution in [-0.4, -0.2) is 17.4 Å². The molecule has 0 N–H and O–H groups in total. The molecule has 1 aliphatic heterocycles. The normalized spacial score (nSPS) is 19.9. The summed E-state index contributed by atoms with van der Waals surface area (Å²) in [7, 11) is 0. The van der Waals surface area contributed by atoms with Crippen molar-refractivity contribution in [3.8, 4) is 12.3 Å². The summed E-state index contributed by atoms with van der Waals surface area (Å²) in [6.07, 6.45) is 5.78. The predicted octanol–water partition coefficient (Wildman–Crippen LogP) is 1.68. The average molecular weight is 214 g/mol. The van der Waals surface area contributed by atoms with E-state index in [4.69, 9.17) is 6.42 Å². The van der Waals surface area contributed by atoms with Gasteiger partial charge in [0.1, 0.15) is 5.82 Å². The van der Waals surface area contributed by atoms with Crippen LogP contribution in [0.2, 0.25) is 0 Å². The molecule has 2 rings (SSSR count). The average Bonchev–Trinajstić information content (AvgIpc) is 2.58. The number of pyridine rings is 1. The lowest BCUT2D eigenvalue weighted by atomic mass is 10.1. The smallest absolute Gasteiger partial charge is 0.229 e. The standard InChI is InChI=1S/C13H14N2O/c1-4-11-7-13(16)15(8-11)12-6-9(2)5-10(3)14-12/h1,5-6,11H,7-8H2,2-3H3. The first kappa shape index (κ1) is 10.7. The number of anilines is 1. The summed E-state index contributed by atoms with van der Waals surface area (Å²) in [5, 5.41) is 0. The van der Waals surface area contributed by atoms with Gasteiger partial charge in [0.05, 0.1) is 0 Å². The van der Waals surface area contributed by atoms with Gasteiger partial charge in [-0.2, -0.15) is 0 Å². The molecule has 1 aromatic heterocycles. The van der Waals surface area contributed by atoms with Gasteiger partial charge >= 0.3 is 0 Å². The van der Waals surface area contributed by atoms with Gasteiger partial charge in [-0.1, -0.05) is 0 Å². The van der Waals surface area contributed by atoms with E-state index in [0.717, 1.165) is 17.1 Å². The highest BCUT2D eigenvalue weighted by Crippen LogP contribution is 2.24. The molecule has 0 radical (unpaired) electrons. The van der Waals surface area contributed by atoms with E-state index in [-0.39, 0.29) is 11.8 Å². The van der Waals surface area contributed by atoms with E-state index < -0.39 is 0 Å². The number of amides is 1. The third-order valence-electron chi connectivity index (χ3n) is 2.72. The van der Waals surface area contributed by atoms with Crippen LogP contribution in [0.25, 0.3) is 0 Å². The maximum Gasteiger partial charge on any atom is 0.229 e. The van der Waals surface area contributed by atoms with Gasteiger partial charge in [0.15, 0.2) is 0 Å². The van der Waals surface area contributed by atoms with Crippen LogP contribution < -0.4 is 4.90 Å². The largest absolute Gasteiger partial charge is 0.296 e. The zero-order chi connectivity index (χ0) is 11.7. The zero-order valence-corrected chi connectivity index (χ0v) is 9.53. The molecular weight excluding hydrogens is 200 g/mol. The molecule has 82 valence electrons. The molecule has 1 unspecified atom stereocenters. The molecule has 0 spiro atoms. The van der Waals surface area contributed by atoms with E-state index in [2.05, 4.69) is 10.9 Å². The van der Waals surface area contributed by atoms with Gasteiger partial charge in [-0.05, 0) is 31.5 Å². The zero-order valence-electron chi connectivity index (χ0n) is 9.53. The molecule has 1 fully saturated rings. The molecule has 2 heterocycles. The molecule has 0 aromatic carbocycles. The van der Waals surface area contributed by atoms with Crippen molar-refractivity contribution in [1.29, 1.82) is 0 Å². The van der Waals surface area contributed by atoms with E-state index in [1.54, 1.807) is 4.90 Å². The van der Waals surface area contributed by atoms with Crippen LogP contribution in [0, 0.1) is 32.1 Å². The number of aromatic nitrogens is 1. The highest BCUT2D eigenvalue weighted by molar-refractivity contribution is 5.95. The molecule has 1 saturated heterocycles. The second kappa shape index (κ2) is 3.97. The van der Waals surface area contributed by atoms with Gasteiger partial charge in [-0.15, -0.1) is 12.3 Å². The predicted molar refractivity (Wildman–Crippen MR) is 63.0 cm³/mol. The molecule has 0 saturated carbocycles. The highest BCUT2D eigenvalue weighted by Gasteiger charge is 2.30. The molecule has 0 aliphatic carbocycles. The third kappa shape index (κ3) is 1.92. The first-order valence-corrected chi connectivity index (χ1v) is 5.32. The Bertz CT molecular complexity index is 453. The number of terminal acetylenes is 1. The van der Waals surface area contributed by atoms with Crippen molar-refractivity contribution in [3.05, 3.63) is 23.4 Å². The minimum atomic E-state index is 0.0233. The van der Waals surface area contributed by atoms with Crippen molar-refractivity contribution in [1.82, 2.24) is 4.98 Å². The van der Waals surface area contributed by atoms with Crippen LogP contribution >= 0.6 is 0 Å². The second-order valence-electron chi connectivity index (χ2n) is 4.22. The number of nitrogens with zero attached hydrogens (tertiary/aromatic N) is 2. The monoisotopic (exact) mass is 214 g/mol. The first-order valence-electron chi connectivity index (χ1n) is 5.32. The molecule has 1 atom stereocenters. The Labute approximate surface area is 95.5 Å². The molecule has 3 heteroatoms. The summed E-state index contributed by atoms with van der Waals surface area (Å²) >= 11 is 0. The van der Waals surface area contributed by atoms with E-state index in [1.807, 2.05) is 26.0 Å². The quantitative estimate of drug-likeness (QED) is 0.666. The fraction of sp³-hybridized carbons (Fsp3) is 0.385. The molecule has 1 amide bonds. The maximum atomic E-state index is 11.8. The highest BCUT2D eigenvalue weighted by atomic mass is 16.2. The SMILES string of the molecule is C#CC1CC(=O)N(c2cc(C)cc(C)n2)C1. The minimum Gasteiger partial charge on any atom is -0.296 e. The van der Waals surface area contributed by atoms with Crippen LogP contribution in [0.3, 0.4) is 0 Å². The van der Waals surface area contributed by atoms with Gasteiger partial charge < -0.3 is 0 Å². The summed E-state index contributed by atoms with van der Waals surface area (Å²) < 4.78 is 0. The van der Waals surface area contributed by atoms with Crippen LogP contribution in [0.4, 0.5) is 5.82 Å². The van der Waals surface area contributed by atoms with Gasteiger partial charge in [0.25, 0.3) is 0 Å². The van der Waals surface area contributed by atoms with E-state index in [1.165, 1.54) is 0 Å². The lowest BCUT2D eigenvalue weighted by Crippen LogP contribution is -2.25. The molecule has 1 aliphatic rings. The Balaban J connectivity index is 2.32. The number of carbonyl (C=O) groups is 1. The van der Waals surface area contributed by atoms with Crippen LogP contribution in [-0.2, 0) is 4.79 Å². The van der Waals surface area contributed by atoms with Crippen molar-refractivity contribution in [3.63, 3.8) is 0 Å². The third-order valence-corrected chi connectivity index (χ3v) is 2.72. The second-order valence-corrected chi connectivity index (χ2v) is 4.22. The van der Waals surface area contributed by atoms with Gasteiger partial charge in [-0.3, -0.25) is 9.69 Å². The fourth-order valence-corrected chi connectivity index (χ4v) is 2.00. The van der Waals surface area contributed by atoms with E-state index in [0.29, 0.717) is 13.0 Å². The fourth-order valence-electron chi connectivity index (χ4n) is 2.00. The summed E-state index contributed by atoms with van der Waals surface area (Å²) in [5.41, 5.74) is 2.03. The number of rotatable bonds is 1. The number of hydrogen-bond donors (Lipinski definition) is 0. The van der Waals surface area contributed by atoms with E-state index >= 15 is 0 Å². The van der Waals surface area contributed by atoms with Crippen molar-refractivity contribution >= 4 is 11.7 Å². The number of hydrogen-bond acceptors (Lipinski definition) is 2. The molecule has 1 aromatic rings. The summed E-state index contributed by atoms with van der Waals surface area (Å²) in [6.45, 7) is 4.51. The first-order chi connectivity index (χ1) is 7.60. The van der Waals surface area contributed by atoms with Gasteiger partial charge in [-0.25, -0.2) is 4.98 Å². The van der Waals surface area contributed by atoms with Crippen LogP contribution in [0.1, 0.15) is 17.7 Å². The lowest BCUT2D eigenvalue weighted by molar-refractivity contribution is -0.117. The molecule has 3 nitrogen and oxygen atoms in total. The van der Waals surface area contributed by atoms with E-state index in [9.17, 15) is 4.79 Å². The Morgan fingerprint density at radius 3 is 2.81 bits per heavy atom. The van der Waals surface area contributed by atoms with Crippen LogP contribution in [0.5, 0.6) is 0 Å². The molecule has 16 heavy (non-hydrogen) atoms. The minimum absolute atomic E-state index is 0.0233.